The number of H-pyrrole nitrogens is 1. The molecule has 3 rings (SSSR count). The second-order valence-electron chi connectivity index (χ2n) is 4.55. The molecule has 3 N–H and O–H groups in total. The molecule has 19 heavy (non-hydrogen) atoms. The molecule has 2 aromatic rings. The van der Waals surface area contributed by atoms with E-state index in [1.165, 1.54) is 6.33 Å². The third kappa shape index (κ3) is 2.63. The summed E-state index contributed by atoms with van der Waals surface area (Å²) in [6, 6.07) is 7.48. The van der Waals surface area contributed by atoms with Crippen LogP contribution in [0.4, 0.5) is 5.69 Å². The number of rotatable bonds is 3. The maximum absolute atomic E-state index is 12.0. The lowest BCUT2D eigenvalue weighted by Gasteiger charge is -2.11. The molecule has 1 fully saturated rings. The lowest BCUT2D eigenvalue weighted by Crippen LogP contribution is -2.35. The number of nitrogens with one attached hydrogen (secondary N) is 3. The highest BCUT2D eigenvalue weighted by Gasteiger charge is 2.21. The maximum atomic E-state index is 12.0. The average molecular weight is 257 g/mol. The SMILES string of the molecule is O=C(Nc1cccc(-c2ncn[nH]2)c1)C1CCCN1. The zero-order valence-corrected chi connectivity index (χ0v) is 10.4. The zero-order chi connectivity index (χ0) is 13.1. The Hall–Kier alpha value is -2.21. The molecular weight excluding hydrogens is 242 g/mol. The molecule has 0 bridgehead atoms. The predicted octanol–water partition coefficient (Wildman–Crippen LogP) is 1.16. The van der Waals surface area contributed by atoms with Gasteiger partial charge in [0, 0.05) is 11.3 Å². The van der Waals surface area contributed by atoms with E-state index < -0.39 is 0 Å². The molecule has 1 unspecified atom stereocenters. The molecule has 0 saturated carbocycles. The lowest BCUT2D eigenvalue weighted by molar-refractivity contribution is -0.117. The van der Waals surface area contributed by atoms with Crippen molar-refractivity contribution in [2.24, 2.45) is 0 Å². The largest absolute Gasteiger partial charge is 0.325 e. The van der Waals surface area contributed by atoms with Gasteiger partial charge in [0.25, 0.3) is 0 Å². The number of hydrogen-bond acceptors (Lipinski definition) is 4. The maximum Gasteiger partial charge on any atom is 0.241 e. The fourth-order valence-electron chi connectivity index (χ4n) is 2.23. The van der Waals surface area contributed by atoms with Gasteiger partial charge in [0.1, 0.15) is 6.33 Å². The van der Waals surface area contributed by atoms with Gasteiger partial charge in [0.15, 0.2) is 5.82 Å². The van der Waals surface area contributed by atoms with Crippen LogP contribution in [0.3, 0.4) is 0 Å². The molecule has 0 spiro atoms. The van der Waals surface area contributed by atoms with Crippen LogP contribution in [0.2, 0.25) is 0 Å². The normalized spacial score (nSPS) is 18.4. The van der Waals surface area contributed by atoms with Gasteiger partial charge in [-0.3, -0.25) is 9.89 Å². The Morgan fingerprint density at radius 2 is 2.37 bits per heavy atom. The van der Waals surface area contributed by atoms with Crippen LogP contribution in [0.25, 0.3) is 11.4 Å². The summed E-state index contributed by atoms with van der Waals surface area (Å²) < 4.78 is 0. The smallest absolute Gasteiger partial charge is 0.241 e. The number of nitrogens with zero attached hydrogens (tertiary/aromatic N) is 2. The van der Waals surface area contributed by atoms with Crippen molar-refractivity contribution in [3.8, 4) is 11.4 Å². The van der Waals surface area contributed by atoms with Gasteiger partial charge in [-0.15, -0.1) is 0 Å². The van der Waals surface area contributed by atoms with E-state index in [0.29, 0.717) is 5.82 Å². The first-order valence-electron chi connectivity index (χ1n) is 6.33. The number of carbonyl (C=O) groups excluding carboxylic acids is 1. The van der Waals surface area contributed by atoms with Crippen molar-refractivity contribution in [3.63, 3.8) is 0 Å². The molecule has 1 aliphatic rings. The molecule has 6 nitrogen and oxygen atoms in total. The molecule has 6 heteroatoms. The van der Waals surface area contributed by atoms with Gasteiger partial charge in [-0.25, -0.2) is 4.98 Å². The molecule has 98 valence electrons. The fourth-order valence-corrected chi connectivity index (χ4v) is 2.23. The summed E-state index contributed by atoms with van der Waals surface area (Å²) in [5.74, 6) is 0.710. The van der Waals surface area contributed by atoms with Crippen LogP contribution in [-0.4, -0.2) is 33.7 Å². The predicted molar refractivity (Wildman–Crippen MR) is 71.5 cm³/mol. The second kappa shape index (κ2) is 5.19. The zero-order valence-electron chi connectivity index (χ0n) is 10.4. The summed E-state index contributed by atoms with van der Waals surface area (Å²) in [7, 11) is 0. The first kappa shape index (κ1) is 11.9. The van der Waals surface area contributed by atoms with Crippen molar-refractivity contribution < 1.29 is 4.79 Å². The Balaban J connectivity index is 1.74. The van der Waals surface area contributed by atoms with Gasteiger partial charge >= 0.3 is 0 Å². The number of amides is 1. The molecule has 1 aliphatic heterocycles. The minimum absolute atomic E-state index is 0.0206. The summed E-state index contributed by atoms with van der Waals surface area (Å²) in [6.45, 7) is 0.913. The lowest BCUT2D eigenvalue weighted by atomic mass is 10.1. The monoisotopic (exact) mass is 257 g/mol. The van der Waals surface area contributed by atoms with E-state index in [9.17, 15) is 4.79 Å². The van der Waals surface area contributed by atoms with Crippen LogP contribution in [-0.2, 0) is 4.79 Å². The van der Waals surface area contributed by atoms with Gasteiger partial charge in [-0.05, 0) is 31.5 Å². The Morgan fingerprint density at radius 1 is 1.42 bits per heavy atom. The third-order valence-electron chi connectivity index (χ3n) is 3.20. The van der Waals surface area contributed by atoms with E-state index in [0.717, 1.165) is 30.6 Å². The highest BCUT2D eigenvalue weighted by Crippen LogP contribution is 2.19. The first-order valence-corrected chi connectivity index (χ1v) is 6.33. The Morgan fingerprint density at radius 3 is 3.11 bits per heavy atom. The standard InChI is InChI=1S/C13H15N5O/c19-13(11-5-2-6-14-11)17-10-4-1-3-9(7-10)12-15-8-16-18-12/h1,3-4,7-8,11,14H,2,5-6H2,(H,17,19)(H,15,16,18). The molecule has 0 aliphatic carbocycles. The van der Waals surface area contributed by atoms with Crippen molar-refractivity contribution in [3.05, 3.63) is 30.6 Å². The third-order valence-corrected chi connectivity index (χ3v) is 3.20. The van der Waals surface area contributed by atoms with Crippen molar-refractivity contribution >= 4 is 11.6 Å². The first-order chi connectivity index (χ1) is 9.33. The van der Waals surface area contributed by atoms with Gasteiger partial charge in [0.05, 0.1) is 6.04 Å². The van der Waals surface area contributed by atoms with Gasteiger partial charge < -0.3 is 10.6 Å². The van der Waals surface area contributed by atoms with Crippen LogP contribution in [0, 0.1) is 0 Å². The molecule has 1 aromatic heterocycles. The molecule has 2 heterocycles. The Bertz CT molecular complexity index is 560. The Labute approximate surface area is 110 Å². The van der Waals surface area contributed by atoms with Gasteiger partial charge in [-0.1, -0.05) is 12.1 Å². The molecule has 0 radical (unpaired) electrons. The number of aromatic nitrogens is 3. The summed E-state index contributed by atoms with van der Waals surface area (Å²) >= 11 is 0. The summed E-state index contributed by atoms with van der Waals surface area (Å²) in [5.41, 5.74) is 1.67. The van der Waals surface area contributed by atoms with E-state index in [-0.39, 0.29) is 11.9 Å². The van der Waals surface area contributed by atoms with E-state index in [1.807, 2.05) is 24.3 Å². The molecule has 1 aromatic carbocycles. The van der Waals surface area contributed by atoms with E-state index in [4.69, 9.17) is 0 Å². The van der Waals surface area contributed by atoms with Crippen molar-refractivity contribution in [2.45, 2.75) is 18.9 Å². The van der Waals surface area contributed by atoms with Crippen LogP contribution in [0.15, 0.2) is 30.6 Å². The van der Waals surface area contributed by atoms with E-state index in [2.05, 4.69) is 25.8 Å². The van der Waals surface area contributed by atoms with Crippen LogP contribution >= 0.6 is 0 Å². The minimum Gasteiger partial charge on any atom is -0.325 e. The molecular formula is C13H15N5O. The van der Waals surface area contributed by atoms with Crippen LogP contribution in [0.5, 0.6) is 0 Å². The highest BCUT2D eigenvalue weighted by atomic mass is 16.2. The topological polar surface area (TPSA) is 82.7 Å². The quantitative estimate of drug-likeness (QED) is 0.770. The van der Waals surface area contributed by atoms with Gasteiger partial charge in [0.2, 0.25) is 5.91 Å². The number of hydrogen-bond donors (Lipinski definition) is 3. The number of carbonyl (C=O) groups is 1. The summed E-state index contributed by atoms with van der Waals surface area (Å²) in [5, 5.41) is 12.7. The van der Waals surface area contributed by atoms with Crippen molar-refractivity contribution in [2.75, 3.05) is 11.9 Å². The second-order valence-corrected chi connectivity index (χ2v) is 4.55. The Kier molecular flexibility index (Phi) is 3.24. The van der Waals surface area contributed by atoms with Crippen LogP contribution < -0.4 is 10.6 Å². The number of benzene rings is 1. The van der Waals surface area contributed by atoms with Gasteiger partial charge in [-0.2, -0.15) is 5.10 Å². The molecule has 1 amide bonds. The van der Waals surface area contributed by atoms with Crippen molar-refractivity contribution in [1.82, 2.24) is 20.5 Å². The minimum atomic E-state index is -0.0751. The molecule has 1 atom stereocenters. The van der Waals surface area contributed by atoms with E-state index in [1.54, 1.807) is 0 Å². The highest BCUT2D eigenvalue weighted by molar-refractivity contribution is 5.95. The number of aromatic amines is 1. The summed E-state index contributed by atoms with van der Waals surface area (Å²) in [6.07, 6.45) is 3.41. The summed E-state index contributed by atoms with van der Waals surface area (Å²) in [4.78, 5) is 16.1. The molecule has 1 saturated heterocycles. The van der Waals surface area contributed by atoms with E-state index >= 15 is 0 Å². The average Bonchev–Trinajstić information content (AvgIpc) is 3.13. The van der Waals surface area contributed by atoms with Crippen molar-refractivity contribution in [1.29, 1.82) is 0 Å². The number of anilines is 1. The van der Waals surface area contributed by atoms with Crippen LogP contribution in [0.1, 0.15) is 12.8 Å². The fraction of sp³-hybridized carbons (Fsp3) is 0.308.